The number of amides is 2. The Morgan fingerprint density at radius 3 is 2.34 bits per heavy atom. The summed E-state index contributed by atoms with van der Waals surface area (Å²) in [6.45, 7) is 5.71. The number of halogens is 2. The number of piperidine rings is 1. The smallest absolute Gasteiger partial charge is 0.278 e. The van der Waals surface area contributed by atoms with Crippen molar-refractivity contribution in [1.29, 1.82) is 0 Å². The third kappa shape index (κ3) is 6.29. The van der Waals surface area contributed by atoms with Gasteiger partial charge < -0.3 is 9.80 Å². The number of rotatable bonds is 3. The zero-order valence-electron chi connectivity index (χ0n) is 16.7. The number of terminal acetylenes is 1. The minimum absolute atomic E-state index is 0.0901. The van der Waals surface area contributed by atoms with E-state index in [0.29, 0.717) is 48.4 Å². The number of carbonyl (C=O) groups is 2. The molecule has 0 aliphatic carbocycles. The Morgan fingerprint density at radius 1 is 1.34 bits per heavy atom. The molecule has 3 rings (SSSR count). The van der Waals surface area contributed by atoms with E-state index in [4.69, 9.17) is 29.6 Å². The summed E-state index contributed by atoms with van der Waals surface area (Å²) >= 11 is 15.0. The first-order chi connectivity index (χ1) is 13.7. The van der Waals surface area contributed by atoms with Gasteiger partial charge in [-0.15, -0.1) is 6.42 Å². The van der Waals surface area contributed by atoms with Gasteiger partial charge in [0.25, 0.3) is 5.24 Å². The Labute approximate surface area is 188 Å². The van der Waals surface area contributed by atoms with Gasteiger partial charge in [-0.25, -0.2) is 0 Å². The van der Waals surface area contributed by atoms with E-state index in [1.807, 2.05) is 6.07 Å². The lowest BCUT2D eigenvalue weighted by molar-refractivity contribution is -0.132. The van der Waals surface area contributed by atoms with E-state index in [-0.39, 0.29) is 17.2 Å². The Bertz CT molecular complexity index is 756. The van der Waals surface area contributed by atoms with Crippen LogP contribution in [0, 0.1) is 18.3 Å². The maximum Gasteiger partial charge on any atom is 0.278 e. The number of carbonyl (C=O) groups excluding carboxylic acids is 2. The highest BCUT2D eigenvalue weighted by atomic mass is 35.5. The molecule has 2 heterocycles. The summed E-state index contributed by atoms with van der Waals surface area (Å²) in [4.78, 5) is 27.4. The molecule has 1 aromatic rings. The van der Waals surface area contributed by atoms with Gasteiger partial charge in [-0.1, -0.05) is 61.7 Å². The SMILES string of the molecule is C#CCN1C(=O)C(CC(C)C)NC12CCN(C(=O)S)CC2.Clc1cccc(Cl)c1. The van der Waals surface area contributed by atoms with Crippen molar-refractivity contribution in [2.24, 2.45) is 5.92 Å². The fourth-order valence-electron chi connectivity index (χ4n) is 3.76. The first-order valence-corrected chi connectivity index (χ1v) is 10.8. The van der Waals surface area contributed by atoms with Gasteiger partial charge in [-0.05, 0) is 30.5 Å². The third-order valence-electron chi connectivity index (χ3n) is 5.13. The van der Waals surface area contributed by atoms with Crippen molar-refractivity contribution >= 4 is 47.0 Å². The van der Waals surface area contributed by atoms with Crippen LogP contribution in [0.5, 0.6) is 0 Å². The van der Waals surface area contributed by atoms with Crippen molar-refractivity contribution < 1.29 is 9.59 Å². The van der Waals surface area contributed by atoms with Gasteiger partial charge in [0.1, 0.15) is 0 Å². The Kier molecular flexibility index (Phi) is 8.72. The second kappa shape index (κ2) is 10.6. The minimum Gasteiger partial charge on any atom is -0.334 e. The number of hydrogen-bond donors (Lipinski definition) is 2. The molecule has 5 nitrogen and oxygen atoms in total. The predicted molar refractivity (Wildman–Crippen MR) is 121 cm³/mol. The van der Waals surface area contributed by atoms with Gasteiger partial charge in [0.2, 0.25) is 5.91 Å². The summed E-state index contributed by atoms with van der Waals surface area (Å²) in [5.74, 6) is 3.12. The van der Waals surface area contributed by atoms with Crippen LogP contribution in [0.15, 0.2) is 24.3 Å². The lowest BCUT2D eigenvalue weighted by Crippen LogP contribution is -2.59. The summed E-state index contributed by atoms with van der Waals surface area (Å²) in [7, 11) is 0. The first-order valence-electron chi connectivity index (χ1n) is 9.60. The van der Waals surface area contributed by atoms with Crippen LogP contribution in [0.25, 0.3) is 0 Å². The van der Waals surface area contributed by atoms with Gasteiger partial charge >= 0.3 is 0 Å². The van der Waals surface area contributed by atoms with E-state index in [0.717, 1.165) is 6.42 Å². The van der Waals surface area contributed by atoms with Crippen LogP contribution in [0.2, 0.25) is 10.0 Å². The van der Waals surface area contributed by atoms with Crippen molar-refractivity contribution in [1.82, 2.24) is 15.1 Å². The zero-order valence-corrected chi connectivity index (χ0v) is 19.1. The van der Waals surface area contributed by atoms with Crippen LogP contribution in [0.3, 0.4) is 0 Å². The highest BCUT2D eigenvalue weighted by molar-refractivity contribution is 7.96. The highest BCUT2D eigenvalue weighted by Crippen LogP contribution is 2.34. The maximum atomic E-state index is 12.6. The highest BCUT2D eigenvalue weighted by Gasteiger charge is 2.51. The summed E-state index contributed by atoms with van der Waals surface area (Å²) in [6, 6.07) is 6.91. The average molecular weight is 456 g/mol. The molecule has 2 saturated heterocycles. The molecule has 1 N–H and O–H groups in total. The van der Waals surface area contributed by atoms with Crippen LogP contribution in [0.4, 0.5) is 4.79 Å². The number of likely N-dealkylation sites (tertiary alicyclic amines) is 1. The van der Waals surface area contributed by atoms with E-state index >= 15 is 0 Å². The number of thiol groups is 1. The molecule has 2 amide bonds. The third-order valence-corrected chi connectivity index (χ3v) is 5.88. The molecule has 0 aromatic heterocycles. The molecule has 0 radical (unpaired) electrons. The fourth-order valence-corrected chi connectivity index (χ4v) is 4.39. The summed E-state index contributed by atoms with van der Waals surface area (Å²) in [6.07, 6.45) is 7.63. The Morgan fingerprint density at radius 2 is 1.93 bits per heavy atom. The standard InChI is InChI=1S/C15H23N3O2S.C6H4Cl2/c1-4-7-18-13(19)12(10-11(2)3)16-15(18)5-8-17(9-6-15)14(20)21;7-5-2-1-3-6(8)4-5/h1,11-12,16H,5-10H2,2-3H3,(H,20,21);1-4H. The minimum atomic E-state index is -0.400. The summed E-state index contributed by atoms with van der Waals surface area (Å²) in [5.41, 5.74) is -0.400. The monoisotopic (exact) mass is 455 g/mol. The predicted octanol–water partition coefficient (Wildman–Crippen LogP) is 4.30. The Hall–Kier alpha value is -1.39. The molecule has 0 saturated carbocycles. The van der Waals surface area contributed by atoms with Crippen molar-refractivity contribution in [3.8, 4) is 12.3 Å². The van der Waals surface area contributed by atoms with E-state index in [1.54, 1.807) is 28.0 Å². The van der Waals surface area contributed by atoms with E-state index in [1.165, 1.54) is 0 Å². The summed E-state index contributed by atoms with van der Waals surface area (Å²) in [5, 5.41) is 4.64. The largest absolute Gasteiger partial charge is 0.334 e. The van der Waals surface area contributed by atoms with Gasteiger partial charge in [-0.2, -0.15) is 0 Å². The van der Waals surface area contributed by atoms with Crippen molar-refractivity contribution in [3.63, 3.8) is 0 Å². The van der Waals surface area contributed by atoms with E-state index in [2.05, 4.69) is 37.7 Å². The van der Waals surface area contributed by atoms with Crippen molar-refractivity contribution in [3.05, 3.63) is 34.3 Å². The molecule has 1 atom stereocenters. The second-order valence-electron chi connectivity index (χ2n) is 7.70. The number of hydrogen-bond acceptors (Lipinski definition) is 3. The topological polar surface area (TPSA) is 52.7 Å². The molecule has 2 fully saturated rings. The quantitative estimate of drug-likeness (QED) is 0.527. The molecule has 1 spiro atoms. The lowest BCUT2D eigenvalue weighted by atomic mass is 9.96. The van der Waals surface area contributed by atoms with Gasteiger partial charge in [0.15, 0.2) is 0 Å². The molecular weight excluding hydrogens is 429 g/mol. The Balaban J connectivity index is 0.000000313. The molecule has 29 heavy (non-hydrogen) atoms. The molecule has 1 unspecified atom stereocenters. The number of nitrogens with one attached hydrogen (secondary N) is 1. The fraction of sp³-hybridized carbons (Fsp3) is 0.524. The average Bonchev–Trinajstić information content (AvgIpc) is 2.87. The maximum absolute atomic E-state index is 12.6. The van der Waals surface area contributed by atoms with Crippen LogP contribution in [-0.2, 0) is 4.79 Å². The molecule has 8 heteroatoms. The molecule has 2 aliphatic rings. The normalized spacial score (nSPS) is 20.4. The second-order valence-corrected chi connectivity index (χ2v) is 8.95. The van der Waals surface area contributed by atoms with E-state index < -0.39 is 5.66 Å². The number of nitrogens with zero attached hydrogens (tertiary/aromatic N) is 2. The van der Waals surface area contributed by atoms with Gasteiger partial charge in [0.05, 0.1) is 18.2 Å². The zero-order chi connectivity index (χ0) is 21.6. The molecule has 158 valence electrons. The van der Waals surface area contributed by atoms with Crippen molar-refractivity contribution in [2.75, 3.05) is 19.6 Å². The molecule has 1 aromatic carbocycles. The number of benzene rings is 1. The lowest BCUT2D eigenvalue weighted by Gasteiger charge is -2.43. The van der Waals surface area contributed by atoms with Crippen LogP contribution < -0.4 is 5.32 Å². The van der Waals surface area contributed by atoms with E-state index in [9.17, 15) is 9.59 Å². The first kappa shape index (κ1) is 23.9. The van der Waals surface area contributed by atoms with Crippen LogP contribution >= 0.6 is 35.8 Å². The summed E-state index contributed by atoms with van der Waals surface area (Å²) < 4.78 is 0. The van der Waals surface area contributed by atoms with Crippen LogP contribution in [-0.4, -0.2) is 52.3 Å². The van der Waals surface area contributed by atoms with Crippen LogP contribution in [0.1, 0.15) is 33.1 Å². The molecule has 0 bridgehead atoms. The van der Waals surface area contributed by atoms with Crippen molar-refractivity contribution in [2.45, 2.75) is 44.8 Å². The van der Waals surface area contributed by atoms with Gasteiger partial charge in [-0.3, -0.25) is 14.9 Å². The molecule has 2 aliphatic heterocycles. The molecular formula is C21H27Cl2N3O2S. The van der Waals surface area contributed by atoms with Gasteiger partial charge in [0, 0.05) is 36.0 Å².